The summed E-state index contributed by atoms with van der Waals surface area (Å²) in [6.45, 7) is 0. The normalized spacial score (nSPS) is 10.0. The number of hydrogen-bond donors (Lipinski definition) is 0. The second-order valence-electron chi connectivity index (χ2n) is 3.51. The number of rotatable bonds is 3. The highest BCUT2D eigenvalue weighted by atomic mass is 35.5. The van der Waals surface area contributed by atoms with Crippen LogP contribution in [0.25, 0.3) is 0 Å². The molecule has 0 fully saturated rings. The summed E-state index contributed by atoms with van der Waals surface area (Å²) in [5.74, 6) is 0.422. The fourth-order valence-corrected chi connectivity index (χ4v) is 1.84. The van der Waals surface area contributed by atoms with Crippen LogP contribution in [0.2, 0.25) is 5.02 Å². The Morgan fingerprint density at radius 3 is 2.24 bits per heavy atom. The van der Waals surface area contributed by atoms with Crippen LogP contribution in [-0.4, -0.2) is 12.9 Å². The molecule has 3 heteroatoms. The van der Waals surface area contributed by atoms with Crippen LogP contribution < -0.4 is 4.74 Å². The van der Waals surface area contributed by atoms with Crippen molar-refractivity contribution in [1.29, 1.82) is 0 Å². The second kappa shape index (κ2) is 5.02. The lowest BCUT2D eigenvalue weighted by molar-refractivity contribution is 0.103. The van der Waals surface area contributed by atoms with Gasteiger partial charge in [0.05, 0.1) is 17.7 Å². The smallest absolute Gasteiger partial charge is 0.198 e. The van der Waals surface area contributed by atoms with Gasteiger partial charge in [-0.25, -0.2) is 0 Å². The summed E-state index contributed by atoms with van der Waals surface area (Å²) in [6, 6.07) is 14.1. The number of methoxy groups -OCH3 is 1. The Morgan fingerprint density at radius 1 is 1.00 bits per heavy atom. The summed E-state index contributed by atoms with van der Waals surface area (Å²) in [7, 11) is 1.54. The molecule has 0 unspecified atom stereocenters. The van der Waals surface area contributed by atoms with Crippen molar-refractivity contribution in [3.8, 4) is 5.75 Å². The maximum absolute atomic E-state index is 12.3. The first-order chi connectivity index (χ1) is 8.24. The molecule has 0 saturated carbocycles. The Bertz CT molecular complexity index is 549. The third-order valence-electron chi connectivity index (χ3n) is 2.47. The zero-order valence-electron chi connectivity index (χ0n) is 9.31. The van der Waals surface area contributed by atoms with Crippen molar-refractivity contribution < 1.29 is 9.53 Å². The van der Waals surface area contributed by atoms with E-state index in [0.29, 0.717) is 21.9 Å². The van der Waals surface area contributed by atoms with E-state index in [1.54, 1.807) is 49.6 Å². The van der Waals surface area contributed by atoms with Gasteiger partial charge < -0.3 is 4.74 Å². The summed E-state index contributed by atoms with van der Waals surface area (Å²) in [4.78, 5) is 12.3. The summed E-state index contributed by atoms with van der Waals surface area (Å²) >= 11 is 6.00. The molecule has 0 heterocycles. The number of hydrogen-bond acceptors (Lipinski definition) is 2. The topological polar surface area (TPSA) is 26.3 Å². The lowest BCUT2D eigenvalue weighted by Crippen LogP contribution is -2.04. The Morgan fingerprint density at radius 2 is 1.59 bits per heavy atom. The number of benzene rings is 2. The van der Waals surface area contributed by atoms with Crippen LogP contribution >= 0.6 is 11.6 Å². The molecule has 2 rings (SSSR count). The fourth-order valence-electron chi connectivity index (χ4n) is 1.62. The molecule has 2 aromatic rings. The van der Waals surface area contributed by atoms with E-state index in [1.165, 1.54) is 0 Å². The van der Waals surface area contributed by atoms with Gasteiger partial charge in [0.1, 0.15) is 5.75 Å². The second-order valence-corrected chi connectivity index (χ2v) is 3.92. The van der Waals surface area contributed by atoms with Crippen LogP contribution in [0, 0.1) is 0 Å². The number of carbonyl (C=O) groups is 1. The van der Waals surface area contributed by atoms with Gasteiger partial charge in [0.25, 0.3) is 0 Å². The SMILES string of the molecule is COc1ccccc1C(=O)c1ccccc1Cl. The molecule has 86 valence electrons. The van der Waals surface area contributed by atoms with Crippen LogP contribution in [-0.2, 0) is 0 Å². The van der Waals surface area contributed by atoms with Crippen molar-refractivity contribution in [2.24, 2.45) is 0 Å². The number of ether oxygens (including phenoxy) is 1. The third kappa shape index (κ3) is 2.32. The molecule has 0 radical (unpaired) electrons. The van der Waals surface area contributed by atoms with Crippen LogP contribution in [0.3, 0.4) is 0 Å². The molecule has 0 aliphatic heterocycles. The van der Waals surface area contributed by atoms with Gasteiger partial charge in [-0.3, -0.25) is 4.79 Å². The van der Waals surface area contributed by atoms with Crippen LogP contribution in [0.1, 0.15) is 15.9 Å². The number of para-hydroxylation sites is 1. The first-order valence-electron chi connectivity index (χ1n) is 5.16. The fraction of sp³-hybridized carbons (Fsp3) is 0.0714. The monoisotopic (exact) mass is 246 g/mol. The number of ketones is 1. The third-order valence-corrected chi connectivity index (χ3v) is 2.80. The first-order valence-corrected chi connectivity index (χ1v) is 5.54. The van der Waals surface area contributed by atoms with E-state index in [2.05, 4.69) is 0 Å². The molecule has 0 amide bonds. The van der Waals surface area contributed by atoms with E-state index < -0.39 is 0 Å². The maximum atomic E-state index is 12.3. The van der Waals surface area contributed by atoms with Crippen molar-refractivity contribution in [1.82, 2.24) is 0 Å². The van der Waals surface area contributed by atoms with Crippen molar-refractivity contribution in [2.45, 2.75) is 0 Å². The Hall–Kier alpha value is -1.80. The van der Waals surface area contributed by atoms with Gasteiger partial charge in [-0.1, -0.05) is 35.9 Å². The maximum Gasteiger partial charge on any atom is 0.198 e. The molecule has 0 spiro atoms. The minimum absolute atomic E-state index is 0.131. The van der Waals surface area contributed by atoms with Crippen molar-refractivity contribution in [2.75, 3.05) is 7.11 Å². The number of carbonyl (C=O) groups excluding carboxylic acids is 1. The van der Waals surface area contributed by atoms with E-state index in [-0.39, 0.29) is 5.78 Å². The molecule has 0 atom stereocenters. The average Bonchev–Trinajstić information content (AvgIpc) is 2.38. The largest absolute Gasteiger partial charge is 0.496 e. The predicted octanol–water partition coefficient (Wildman–Crippen LogP) is 3.58. The summed E-state index contributed by atoms with van der Waals surface area (Å²) in [5, 5.41) is 0.448. The van der Waals surface area contributed by atoms with Crippen molar-refractivity contribution in [3.05, 3.63) is 64.7 Å². The molecule has 2 nitrogen and oxygen atoms in total. The Labute approximate surface area is 105 Å². The highest BCUT2D eigenvalue weighted by Crippen LogP contribution is 2.24. The van der Waals surface area contributed by atoms with E-state index in [0.717, 1.165) is 0 Å². The molecule has 17 heavy (non-hydrogen) atoms. The molecule has 2 aromatic carbocycles. The molecule has 0 aromatic heterocycles. The standard InChI is InChI=1S/C14H11ClO2/c1-17-13-9-5-3-7-11(13)14(16)10-6-2-4-8-12(10)15/h2-9H,1H3. The Balaban J connectivity index is 2.48. The minimum atomic E-state index is -0.131. The summed E-state index contributed by atoms with van der Waals surface area (Å²) in [6.07, 6.45) is 0. The van der Waals surface area contributed by atoms with E-state index in [9.17, 15) is 4.79 Å². The van der Waals surface area contributed by atoms with Gasteiger partial charge in [0.15, 0.2) is 5.78 Å². The lowest BCUT2D eigenvalue weighted by Gasteiger charge is -2.08. The van der Waals surface area contributed by atoms with Crippen molar-refractivity contribution in [3.63, 3.8) is 0 Å². The van der Waals surface area contributed by atoms with Crippen LogP contribution in [0.4, 0.5) is 0 Å². The minimum Gasteiger partial charge on any atom is -0.496 e. The molecule has 0 bridgehead atoms. The lowest BCUT2D eigenvalue weighted by atomic mass is 10.0. The van der Waals surface area contributed by atoms with Crippen LogP contribution in [0.5, 0.6) is 5.75 Å². The van der Waals surface area contributed by atoms with Crippen molar-refractivity contribution >= 4 is 17.4 Å². The van der Waals surface area contributed by atoms with Gasteiger partial charge in [-0.05, 0) is 24.3 Å². The van der Waals surface area contributed by atoms with E-state index >= 15 is 0 Å². The molecule has 0 aliphatic carbocycles. The number of halogens is 1. The molecule has 0 N–H and O–H groups in total. The quantitative estimate of drug-likeness (QED) is 0.774. The predicted molar refractivity (Wildman–Crippen MR) is 67.9 cm³/mol. The molecular weight excluding hydrogens is 236 g/mol. The van der Waals surface area contributed by atoms with Gasteiger partial charge in [-0.2, -0.15) is 0 Å². The zero-order chi connectivity index (χ0) is 12.3. The highest BCUT2D eigenvalue weighted by Gasteiger charge is 2.15. The van der Waals surface area contributed by atoms with Gasteiger partial charge in [0.2, 0.25) is 0 Å². The Kier molecular flexibility index (Phi) is 3.45. The van der Waals surface area contributed by atoms with E-state index in [1.807, 2.05) is 6.07 Å². The molecular formula is C14H11ClO2. The van der Waals surface area contributed by atoms with Gasteiger partial charge in [0, 0.05) is 5.56 Å². The zero-order valence-corrected chi connectivity index (χ0v) is 10.1. The molecule has 0 aliphatic rings. The molecule has 0 saturated heterocycles. The average molecular weight is 247 g/mol. The van der Waals surface area contributed by atoms with Gasteiger partial charge >= 0.3 is 0 Å². The first kappa shape index (κ1) is 11.7. The summed E-state index contributed by atoms with van der Waals surface area (Å²) < 4.78 is 5.16. The summed E-state index contributed by atoms with van der Waals surface area (Å²) in [5.41, 5.74) is 1.00. The van der Waals surface area contributed by atoms with Gasteiger partial charge in [-0.15, -0.1) is 0 Å². The van der Waals surface area contributed by atoms with E-state index in [4.69, 9.17) is 16.3 Å². The highest BCUT2D eigenvalue weighted by molar-refractivity contribution is 6.35. The van der Waals surface area contributed by atoms with Crippen LogP contribution in [0.15, 0.2) is 48.5 Å².